The molecule has 6 nitrogen and oxygen atoms in total. The Bertz CT molecular complexity index is 395. The number of anilines is 1. The van der Waals surface area contributed by atoms with E-state index in [2.05, 4.69) is 10.2 Å². The largest absolute Gasteiger partial charge is 0.326 e. The Morgan fingerprint density at radius 3 is 2.50 bits per heavy atom. The van der Waals surface area contributed by atoms with Crippen molar-refractivity contribution in [2.24, 2.45) is 5.73 Å². The molecule has 3 N–H and O–H groups in total. The predicted octanol–water partition coefficient (Wildman–Crippen LogP) is 0.302. The van der Waals surface area contributed by atoms with Crippen LogP contribution < -0.4 is 10.6 Å². The molecule has 0 spiro atoms. The van der Waals surface area contributed by atoms with Gasteiger partial charge in [-0.2, -0.15) is 5.10 Å². The summed E-state index contributed by atoms with van der Waals surface area (Å²) in [6.45, 7) is 0.253. The predicted molar refractivity (Wildman–Crippen MR) is 57.4 cm³/mol. The molecule has 1 aliphatic heterocycles. The van der Waals surface area contributed by atoms with E-state index in [-0.39, 0.29) is 18.4 Å². The summed E-state index contributed by atoms with van der Waals surface area (Å²) < 4.78 is 0. The van der Waals surface area contributed by atoms with Crippen LogP contribution in [0.25, 0.3) is 0 Å². The van der Waals surface area contributed by atoms with Gasteiger partial charge in [-0.05, 0) is 12.8 Å². The summed E-state index contributed by atoms with van der Waals surface area (Å²) in [6.07, 6.45) is 3.85. The number of hydrogen-bond acceptors (Lipinski definition) is 4. The molecular formula is C10H14N4O2. The Kier molecular flexibility index (Phi) is 3.00. The van der Waals surface area contributed by atoms with Gasteiger partial charge in [0.25, 0.3) is 0 Å². The second kappa shape index (κ2) is 4.44. The minimum Gasteiger partial charge on any atom is -0.326 e. The molecule has 1 fully saturated rings. The van der Waals surface area contributed by atoms with Crippen LogP contribution in [0, 0.1) is 0 Å². The summed E-state index contributed by atoms with van der Waals surface area (Å²) in [7, 11) is 0. The van der Waals surface area contributed by atoms with Crippen LogP contribution in [-0.2, 0) is 16.1 Å². The minimum absolute atomic E-state index is 0.179. The zero-order valence-corrected chi connectivity index (χ0v) is 8.90. The minimum atomic E-state index is -0.179. The first-order chi connectivity index (χ1) is 7.74. The van der Waals surface area contributed by atoms with Crippen molar-refractivity contribution in [3.8, 4) is 0 Å². The number of aromatic amines is 1. The first-order valence-electron chi connectivity index (χ1n) is 5.32. The molecule has 16 heavy (non-hydrogen) atoms. The first kappa shape index (κ1) is 10.8. The van der Waals surface area contributed by atoms with Crippen LogP contribution in [0.5, 0.6) is 0 Å². The van der Waals surface area contributed by atoms with Gasteiger partial charge in [0, 0.05) is 24.9 Å². The van der Waals surface area contributed by atoms with Gasteiger partial charge in [0.15, 0.2) is 0 Å². The maximum atomic E-state index is 11.8. The Morgan fingerprint density at radius 2 is 1.94 bits per heavy atom. The molecule has 0 aromatic carbocycles. The van der Waals surface area contributed by atoms with Crippen molar-refractivity contribution in [2.75, 3.05) is 4.90 Å². The normalized spacial score (nSPS) is 17.7. The Balaban J connectivity index is 2.36. The van der Waals surface area contributed by atoms with Gasteiger partial charge in [0.05, 0.1) is 6.20 Å². The van der Waals surface area contributed by atoms with E-state index in [0.29, 0.717) is 24.2 Å². The molecule has 1 aliphatic rings. The molecule has 0 atom stereocenters. The molecule has 2 rings (SSSR count). The third-order valence-corrected chi connectivity index (χ3v) is 2.67. The van der Waals surface area contributed by atoms with Crippen molar-refractivity contribution >= 4 is 17.6 Å². The molecule has 1 aromatic heterocycles. The lowest BCUT2D eigenvalue weighted by Gasteiger charge is -2.17. The number of nitrogens with two attached hydrogens (primary N) is 1. The third kappa shape index (κ3) is 1.83. The summed E-state index contributed by atoms with van der Waals surface area (Å²) >= 11 is 0. The average Bonchev–Trinajstić information content (AvgIpc) is 2.66. The molecular weight excluding hydrogens is 208 g/mol. The summed E-state index contributed by atoms with van der Waals surface area (Å²) in [5, 5.41) is 6.49. The van der Waals surface area contributed by atoms with Crippen LogP contribution in [0.1, 0.15) is 31.2 Å². The van der Waals surface area contributed by atoms with Crippen molar-refractivity contribution < 1.29 is 9.59 Å². The number of amides is 2. The second-order valence-electron chi connectivity index (χ2n) is 3.78. The SMILES string of the molecule is NCc1cn[nH]c1N1C(=O)CCCCC1=O. The number of carbonyl (C=O) groups is 2. The van der Waals surface area contributed by atoms with Crippen LogP contribution in [0.4, 0.5) is 5.82 Å². The van der Waals surface area contributed by atoms with Gasteiger partial charge in [-0.1, -0.05) is 0 Å². The van der Waals surface area contributed by atoms with Crippen LogP contribution in [0.15, 0.2) is 6.20 Å². The third-order valence-electron chi connectivity index (χ3n) is 2.67. The zero-order chi connectivity index (χ0) is 11.5. The number of rotatable bonds is 2. The number of hydrogen-bond donors (Lipinski definition) is 2. The molecule has 6 heteroatoms. The summed E-state index contributed by atoms with van der Waals surface area (Å²) in [5.41, 5.74) is 6.21. The highest BCUT2D eigenvalue weighted by Gasteiger charge is 2.28. The number of nitrogens with one attached hydrogen (secondary N) is 1. The first-order valence-corrected chi connectivity index (χ1v) is 5.32. The van der Waals surface area contributed by atoms with Crippen molar-refractivity contribution in [2.45, 2.75) is 32.2 Å². The van der Waals surface area contributed by atoms with Crippen LogP contribution >= 0.6 is 0 Å². The van der Waals surface area contributed by atoms with Gasteiger partial charge in [-0.15, -0.1) is 0 Å². The average molecular weight is 222 g/mol. The maximum absolute atomic E-state index is 11.8. The molecule has 0 saturated carbocycles. The van der Waals surface area contributed by atoms with E-state index < -0.39 is 0 Å². The fourth-order valence-corrected chi connectivity index (χ4v) is 1.81. The standard InChI is InChI=1S/C10H14N4O2/c11-5-7-6-12-13-10(7)14-8(15)3-1-2-4-9(14)16/h6H,1-5,11H2,(H,12,13). The molecule has 0 unspecified atom stereocenters. The van der Waals surface area contributed by atoms with E-state index >= 15 is 0 Å². The molecule has 1 aromatic rings. The second-order valence-corrected chi connectivity index (χ2v) is 3.78. The topological polar surface area (TPSA) is 92.1 Å². The van der Waals surface area contributed by atoms with Gasteiger partial charge in [0.2, 0.25) is 11.8 Å². The highest BCUT2D eigenvalue weighted by molar-refractivity contribution is 6.15. The van der Waals surface area contributed by atoms with Gasteiger partial charge in [-0.3, -0.25) is 14.7 Å². The molecule has 0 radical (unpaired) electrons. The lowest BCUT2D eigenvalue weighted by Crippen LogP contribution is -2.36. The van der Waals surface area contributed by atoms with E-state index in [1.165, 1.54) is 4.90 Å². The molecule has 2 amide bonds. The monoisotopic (exact) mass is 222 g/mol. The van der Waals surface area contributed by atoms with E-state index in [1.54, 1.807) is 6.20 Å². The zero-order valence-electron chi connectivity index (χ0n) is 8.90. The van der Waals surface area contributed by atoms with Crippen molar-refractivity contribution in [1.29, 1.82) is 0 Å². The highest BCUT2D eigenvalue weighted by atomic mass is 16.2. The van der Waals surface area contributed by atoms with Crippen LogP contribution in [0.2, 0.25) is 0 Å². The van der Waals surface area contributed by atoms with E-state index in [9.17, 15) is 9.59 Å². The maximum Gasteiger partial charge on any atom is 0.234 e. The lowest BCUT2D eigenvalue weighted by molar-refractivity contribution is -0.125. The van der Waals surface area contributed by atoms with Gasteiger partial charge in [-0.25, -0.2) is 4.90 Å². The molecule has 1 saturated heterocycles. The van der Waals surface area contributed by atoms with Crippen LogP contribution in [0.3, 0.4) is 0 Å². The summed E-state index contributed by atoms with van der Waals surface area (Å²) in [6, 6.07) is 0. The molecule has 0 aliphatic carbocycles. The van der Waals surface area contributed by atoms with E-state index in [0.717, 1.165) is 12.8 Å². The molecule has 86 valence electrons. The van der Waals surface area contributed by atoms with Gasteiger partial charge in [0.1, 0.15) is 5.82 Å². The fraction of sp³-hybridized carbons (Fsp3) is 0.500. The quantitative estimate of drug-likeness (QED) is 0.704. The number of nitrogens with zero attached hydrogens (tertiary/aromatic N) is 2. The van der Waals surface area contributed by atoms with E-state index in [4.69, 9.17) is 5.73 Å². The fourth-order valence-electron chi connectivity index (χ4n) is 1.81. The number of H-pyrrole nitrogens is 1. The van der Waals surface area contributed by atoms with Gasteiger partial charge < -0.3 is 5.73 Å². The Hall–Kier alpha value is -1.69. The lowest BCUT2D eigenvalue weighted by atomic mass is 10.2. The molecule has 0 bridgehead atoms. The number of carbonyl (C=O) groups excluding carboxylic acids is 2. The smallest absolute Gasteiger partial charge is 0.234 e. The number of imide groups is 1. The Labute approximate surface area is 92.8 Å². The molecule has 2 heterocycles. The van der Waals surface area contributed by atoms with Crippen molar-refractivity contribution in [3.63, 3.8) is 0 Å². The van der Waals surface area contributed by atoms with Crippen molar-refractivity contribution in [1.82, 2.24) is 10.2 Å². The van der Waals surface area contributed by atoms with Crippen molar-refractivity contribution in [3.05, 3.63) is 11.8 Å². The van der Waals surface area contributed by atoms with Gasteiger partial charge >= 0.3 is 0 Å². The van der Waals surface area contributed by atoms with Crippen LogP contribution in [-0.4, -0.2) is 22.0 Å². The summed E-state index contributed by atoms with van der Waals surface area (Å²) in [5.74, 6) is 0.0716. The number of aromatic nitrogens is 2. The Morgan fingerprint density at radius 1 is 1.31 bits per heavy atom. The van der Waals surface area contributed by atoms with E-state index in [1.807, 2.05) is 0 Å². The highest BCUT2D eigenvalue weighted by Crippen LogP contribution is 2.22. The summed E-state index contributed by atoms with van der Waals surface area (Å²) in [4.78, 5) is 24.8.